The molecule has 0 aliphatic heterocycles. The van der Waals surface area contributed by atoms with E-state index in [0.717, 1.165) is 29.9 Å². The lowest BCUT2D eigenvalue weighted by Crippen LogP contribution is -2.39. The zero-order valence-corrected chi connectivity index (χ0v) is 15.3. The van der Waals surface area contributed by atoms with Crippen LogP contribution in [0.3, 0.4) is 0 Å². The van der Waals surface area contributed by atoms with Crippen LogP contribution in [0.1, 0.15) is 44.3 Å². The molecule has 0 heterocycles. The van der Waals surface area contributed by atoms with Crippen molar-refractivity contribution >= 4 is 11.9 Å². The Morgan fingerprint density at radius 3 is 2.15 bits per heavy atom. The van der Waals surface area contributed by atoms with E-state index in [2.05, 4.69) is 6.92 Å². The average molecular weight is 369 g/mol. The molecule has 2 rings (SSSR count). The third kappa shape index (κ3) is 6.53. The fraction of sp³-hybridized carbons (Fsp3) is 0.556. The van der Waals surface area contributed by atoms with Crippen molar-refractivity contribution in [2.45, 2.75) is 50.9 Å². The van der Waals surface area contributed by atoms with E-state index in [9.17, 15) is 0 Å². The summed E-state index contributed by atoms with van der Waals surface area (Å²) in [4.78, 5) is 18.2. The molecule has 1 fully saturated rings. The molecule has 0 aromatic heterocycles. The van der Waals surface area contributed by atoms with Crippen LogP contribution < -0.4 is 15.2 Å². The first kappa shape index (κ1) is 21.7. The maximum atomic E-state index is 9.10. The van der Waals surface area contributed by atoms with E-state index < -0.39 is 11.9 Å². The summed E-state index contributed by atoms with van der Waals surface area (Å²) in [5.74, 6) is -2.18. The molecule has 4 N–H and O–H groups in total. The molecule has 0 radical (unpaired) electrons. The second kappa shape index (κ2) is 10.6. The minimum absolute atomic E-state index is 0.00366. The van der Waals surface area contributed by atoms with Crippen molar-refractivity contribution in [2.24, 2.45) is 5.73 Å². The molecule has 3 unspecified atom stereocenters. The third-order valence-electron chi connectivity index (χ3n) is 4.19. The molecule has 0 amide bonds. The van der Waals surface area contributed by atoms with E-state index >= 15 is 0 Å². The topological polar surface area (TPSA) is 128 Å². The Kier molecular flexibility index (Phi) is 8.87. The van der Waals surface area contributed by atoms with Crippen LogP contribution >= 0.6 is 0 Å². The van der Waals surface area contributed by atoms with Crippen LogP contribution in [0.5, 0.6) is 11.5 Å². The van der Waals surface area contributed by atoms with Crippen LogP contribution in [0.4, 0.5) is 0 Å². The summed E-state index contributed by atoms with van der Waals surface area (Å²) in [5.41, 5.74) is 7.22. The number of carboxylic acid groups (broad SMARTS) is 2. The number of aliphatic carboxylic acids is 2. The van der Waals surface area contributed by atoms with E-state index in [4.69, 9.17) is 39.7 Å². The summed E-state index contributed by atoms with van der Waals surface area (Å²) < 4.78 is 16.7. The summed E-state index contributed by atoms with van der Waals surface area (Å²) in [7, 11) is 3.28. The van der Waals surface area contributed by atoms with Gasteiger partial charge in [-0.25, -0.2) is 9.59 Å². The largest absolute Gasteiger partial charge is 0.493 e. The molecule has 146 valence electrons. The number of carboxylic acids is 2. The Balaban J connectivity index is 0.000000487. The van der Waals surface area contributed by atoms with E-state index in [1.807, 2.05) is 18.2 Å². The number of ether oxygens (including phenoxy) is 3. The number of hydrogen-bond donors (Lipinski definition) is 3. The molecule has 1 aliphatic rings. The minimum Gasteiger partial charge on any atom is -0.493 e. The molecule has 26 heavy (non-hydrogen) atoms. The van der Waals surface area contributed by atoms with Crippen LogP contribution in [0, 0.1) is 0 Å². The molecule has 1 saturated carbocycles. The van der Waals surface area contributed by atoms with Gasteiger partial charge < -0.3 is 30.2 Å². The number of carbonyl (C=O) groups is 2. The Morgan fingerprint density at radius 2 is 1.65 bits per heavy atom. The number of nitrogens with two attached hydrogens (primary N) is 1. The van der Waals surface area contributed by atoms with Crippen molar-refractivity contribution in [1.29, 1.82) is 0 Å². The van der Waals surface area contributed by atoms with E-state index in [1.165, 1.54) is 12.8 Å². The molecular formula is C18H27NO7. The van der Waals surface area contributed by atoms with Gasteiger partial charge in [0.2, 0.25) is 0 Å². The number of benzene rings is 1. The number of hydrogen-bond acceptors (Lipinski definition) is 6. The first-order chi connectivity index (χ1) is 12.3. The molecule has 8 nitrogen and oxygen atoms in total. The fourth-order valence-electron chi connectivity index (χ4n) is 2.74. The van der Waals surface area contributed by atoms with Gasteiger partial charge in [0.05, 0.1) is 26.4 Å². The van der Waals surface area contributed by atoms with Crippen molar-refractivity contribution < 1.29 is 34.0 Å². The average Bonchev–Trinajstić information content (AvgIpc) is 2.63. The van der Waals surface area contributed by atoms with Gasteiger partial charge in [0.25, 0.3) is 0 Å². The SMILES string of the molecule is COc1ccc(C(C)OC2CCCCC2N)cc1OC.O=C(O)C(=O)O. The lowest BCUT2D eigenvalue weighted by Gasteiger charge is -2.31. The van der Waals surface area contributed by atoms with Gasteiger partial charge in [-0.05, 0) is 37.5 Å². The van der Waals surface area contributed by atoms with E-state index in [1.54, 1.807) is 14.2 Å². The Hall–Kier alpha value is -2.32. The first-order valence-electron chi connectivity index (χ1n) is 8.39. The van der Waals surface area contributed by atoms with Crippen LogP contribution in [0.2, 0.25) is 0 Å². The highest BCUT2D eigenvalue weighted by molar-refractivity contribution is 6.27. The van der Waals surface area contributed by atoms with Crippen molar-refractivity contribution in [3.8, 4) is 11.5 Å². The molecule has 1 aromatic rings. The van der Waals surface area contributed by atoms with Gasteiger partial charge in [-0.1, -0.05) is 18.9 Å². The first-order valence-corrected chi connectivity index (χ1v) is 8.39. The molecule has 3 atom stereocenters. The smallest absolute Gasteiger partial charge is 0.414 e. The molecular weight excluding hydrogens is 342 g/mol. The van der Waals surface area contributed by atoms with Gasteiger partial charge >= 0.3 is 11.9 Å². The summed E-state index contributed by atoms with van der Waals surface area (Å²) in [6.45, 7) is 2.06. The van der Waals surface area contributed by atoms with Gasteiger partial charge in [-0.2, -0.15) is 0 Å². The predicted molar refractivity (Wildman–Crippen MR) is 94.5 cm³/mol. The van der Waals surface area contributed by atoms with Crippen LogP contribution in [0.15, 0.2) is 18.2 Å². The standard InChI is InChI=1S/C16H25NO3.C2H2O4/c1-11(20-14-7-5-4-6-13(14)17)12-8-9-15(18-2)16(10-12)19-3;3-1(4)2(5)6/h8-11,13-14H,4-7,17H2,1-3H3;(H,3,4)(H,5,6). The molecule has 8 heteroatoms. The normalized spacial score (nSPS) is 20.3. The van der Waals surface area contributed by atoms with Gasteiger partial charge in [-0.15, -0.1) is 0 Å². The quantitative estimate of drug-likeness (QED) is 0.674. The summed E-state index contributed by atoms with van der Waals surface area (Å²) in [6.07, 6.45) is 4.70. The van der Waals surface area contributed by atoms with E-state index in [0.29, 0.717) is 0 Å². The van der Waals surface area contributed by atoms with Crippen LogP contribution in [0.25, 0.3) is 0 Å². The number of methoxy groups -OCH3 is 2. The molecule has 1 aromatic carbocycles. The zero-order valence-electron chi connectivity index (χ0n) is 15.3. The maximum absolute atomic E-state index is 9.10. The minimum atomic E-state index is -1.82. The highest BCUT2D eigenvalue weighted by atomic mass is 16.5. The van der Waals surface area contributed by atoms with Gasteiger partial charge in [-0.3, -0.25) is 0 Å². The molecule has 0 saturated heterocycles. The third-order valence-corrected chi connectivity index (χ3v) is 4.19. The highest BCUT2D eigenvalue weighted by Gasteiger charge is 2.25. The van der Waals surface area contributed by atoms with Crippen LogP contribution in [-0.2, 0) is 14.3 Å². The molecule has 0 bridgehead atoms. The fourth-order valence-corrected chi connectivity index (χ4v) is 2.74. The Bertz CT molecular complexity index is 593. The lowest BCUT2D eigenvalue weighted by atomic mass is 9.93. The summed E-state index contributed by atoms with van der Waals surface area (Å²) in [6, 6.07) is 6.05. The van der Waals surface area contributed by atoms with Crippen LogP contribution in [-0.4, -0.2) is 48.5 Å². The molecule has 1 aliphatic carbocycles. The predicted octanol–water partition coefficient (Wildman–Crippen LogP) is 2.21. The number of rotatable bonds is 5. The van der Waals surface area contributed by atoms with Gasteiger partial charge in [0.1, 0.15) is 0 Å². The van der Waals surface area contributed by atoms with Gasteiger partial charge in [0.15, 0.2) is 11.5 Å². The van der Waals surface area contributed by atoms with Crippen molar-refractivity contribution in [3.63, 3.8) is 0 Å². The maximum Gasteiger partial charge on any atom is 0.414 e. The second-order valence-corrected chi connectivity index (χ2v) is 5.99. The lowest BCUT2D eigenvalue weighted by molar-refractivity contribution is -0.159. The summed E-state index contributed by atoms with van der Waals surface area (Å²) >= 11 is 0. The Morgan fingerprint density at radius 1 is 1.08 bits per heavy atom. The monoisotopic (exact) mass is 369 g/mol. The second-order valence-electron chi connectivity index (χ2n) is 5.99. The highest BCUT2D eigenvalue weighted by Crippen LogP contribution is 2.32. The van der Waals surface area contributed by atoms with Crippen molar-refractivity contribution in [1.82, 2.24) is 0 Å². The zero-order chi connectivity index (χ0) is 19.7. The van der Waals surface area contributed by atoms with Crippen molar-refractivity contribution in [3.05, 3.63) is 23.8 Å². The summed E-state index contributed by atoms with van der Waals surface area (Å²) in [5, 5.41) is 14.8. The van der Waals surface area contributed by atoms with Gasteiger partial charge in [0, 0.05) is 6.04 Å². The van der Waals surface area contributed by atoms with E-state index in [-0.39, 0.29) is 18.2 Å². The molecule has 0 spiro atoms. The Labute approximate surface area is 152 Å². The van der Waals surface area contributed by atoms with Crippen molar-refractivity contribution in [2.75, 3.05) is 14.2 Å².